The van der Waals surface area contributed by atoms with Crippen molar-refractivity contribution in [3.63, 3.8) is 0 Å². The Morgan fingerprint density at radius 2 is 1.64 bits per heavy atom. The van der Waals surface area contributed by atoms with Gasteiger partial charge < -0.3 is 10.1 Å². The molecule has 0 unspecified atom stereocenters. The van der Waals surface area contributed by atoms with Crippen molar-refractivity contribution in [3.8, 4) is 17.3 Å². The molecule has 0 aliphatic rings. The van der Waals surface area contributed by atoms with Crippen LogP contribution in [-0.2, 0) is 17.8 Å². The first-order valence-electron chi connectivity index (χ1n) is 11.2. The summed E-state index contributed by atoms with van der Waals surface area (Å²) in [5, 5.41) is 7.78. The standard InChI is InChI=1S/C28H29N3O2/c1-20-9-7-13-24(17-20)31-28(33-25-14-8-10-21(2)18-25)26(22(3)30-31)15-16-27(32)29-19-23-11-5-4-6-12-23/h4-14,17-18H,15-16,19H2,1-3H3,(H,29,32). The largest absolute Gasteiger partial charge is 0.439 e. The number of ether oxygens (including phenoxy) is 1. The number of hydrogen-bond donors (Lipinski definition) is 1. The number of amides is 1. The topological polar surface area (TPSA) is 56.1 Å². The van der Waals surface area contributed by atoms with E-state index in [9.17, 15) is 4.79 Å². The van der Waals surface area contributed by atoms with E-state index in [2.05, 4.69) is 24.4 Å². The van der Waals surface area contributed by atoms with E-state index < -0.39 is 0 Å². The molecule has 3 aromatic carbocycles. The third-order valence-corrected chi connectivity index (χ3v) is 5.52. The molecule has 5 heteroatoms. The predicted octanol–water partition coefficient (Wildman–Crippen LogP) is 5.84. The molecule has 4 aromatic rings. The summed E-state index contributed by atoms with van der Waals surface area (Å²) in [5.74, 6) is 1.40. The molecule has 1 N–H and O–H groups in total. The van der Waals surface area contributed by atoms with Crippen molar-refractivity contribution in [1.82, 2.24) is 15.1 Å². The van der Waals surface area contributed by atoms with Gasteiger partial charge in [0.25, 0.3) is 0 Å². The lowest BCUT2D eigenvalue weighted by Crippen LogP contribution is -2.23. The van der Waals surface area contributed by atoms with Gasteiger partial charge in [-0.1, -0.05) is 54.6 Å². The number of rotatable bonds is 8. The van der Waals surface area contributed by atoms with Gasteiger partial charge in [-0.2, -0.15) is 5.10 Å². The van der Waals surface area contributed by atoms with Crippen molar-refractivity contribution in [2.24, 2.45) is 0 Å². The van der Waals surface area contributed by atoms with Crippen molar-refractivity contribution >= 4 is 5.91 Å². The molecule has 1 amide bonds. The fraction of sp³-hybridized carbons (Fsp3) is 0.214. The molecule has 0 spiro atoms. The van der Waals surface area contributed by atoms with Crippen LogP contribution in [0.3, 0.4) is 0 Å². The number of aryl methyl sites for hydroxylation is 3. The summed E-state index contributed by atoms with van der Waals surface area (Å²) in [5.41, 5.74) is 6.07. The van der Waals surface area contributed by atoms with Crippen molar-refractivity contribution in [2.45, 2.75) is 40.2 Å². The average molecular weight is 440 g/mol. The highest BCUT2D eigenvalue weighted by Crippen LogP contribution is 2.32. The monoisotopic (exact) mass is 439 g/mol. The van der Waals surface area contributed by atoms with Gasteiger partial charge in [0.05, 0.1) is 11.4 Å². The molecule has 4 rings (SSSR count). The van der Waals surface area contributed by atoms with Gasteiger partial charge in [0, 0.05) is 18.5 Å². The molecule has 168 valence electrons. The Morgan fingerprint density at radius 1 is 0.909 bits per heavy atom. The predicted molar refractivity (Wildman–Crippen MR) is 131 cm³/mol. The van der Waals surface area contributed by atoms with Gasteiger partial charge in [-0.05, 0) is 68.1 Å². The van der Waals surface area contributed by atoms with Gasteiger partial charge >= 0.3 is 0 Å². The minimum Gasteiger partial charge on any atom is -0.439 e. The van der Waals surface area contributed by atoms with E-state index in [4.69, 9.17) is 9.84 Å². The lowest BCUT2D eigenvalue weighted by molar-refractivity contribution is -0.121. The third kappa shape index (κ3) is 5.69. The third-order valence-electron chi connectivity index (χ3n) is 5.52. The molecular weight excluding hydrogens is 410 g/mol. The van der Waals surface area contributed by atoms with Gasteiger partial charge in [-0.3, -0.25) is 4.79 Å². The zero-order chi connectivity index (χ0) is 23.2. The van der Waals surface area contributed by atoms with E-state index >= 15 is 0 Å². The average Bonchev–Trinajstić information content (AvgIpc) is 3.12. The smallest absolute Gasteiger partial charge is 0.226 e. The van der Waals surface area contributed by atoms with E-state index in [1.54, 1.807) is 0 Å². The van der Waals surface area contributed by atoms with Crippen LogP contribution in [-0.4, -0.2) is 15.7 Å². The van der Waals surface area contributed by atoms with Crippen LogP contribution >= 0.6 is 0 Å². The molecule has 1 heterocycles. The van der Waals surface area contributed by atoms with Crippen LogP contribution in [0.1, 0.15) is 34.4 Å². The zero-order valence-electron chi connectivity index (χ0n) is 19.3. The quantitative estimate of drug-likeness (QED) is 0.375. The van der Waals surface area contributed by atoms with Gasteiger partial charge in [0.1, 0.15) is 5.75 Å². The van der Waals surface area contributed by atoms with Crippen LogP contribution in [0, 0.1) is 20.8 Å². The molecule has 0 saturated carbocycles. The fourth-order valence-electron chi connectivity index (χ4n) is 3.78. The van der Waals surface area contributed by atoms with Crippen molar-refractivity contribution in [1.29, 1.82) is 0 Å². The van der Waals surface area contributed by atoms with E-state index in [0.29, 0.717) is 25.3 Å². The Balaban J connectivity index is 1.57. The molecule has 1 aromatic heterocycles. The molecule has 5 nitrogen and oxygen atoms in total. The second kappa shape index (κ2) is 10.2. The lowest BCUT2D eigenvalue weighted by atomic mass is 10.1. The van der Waals surface area contributed by atoms with Gasteiger partial charge in [-0.25, -0.2) is 4.68 Å². The highest BCUT2D eigenvalue weighted by Gasteiger charge is 2.20. The van der Waals surface area contributed by atoms with Crippen LogP contribution in [0.5, 0.6) is 11.6 Å². The molecule has 0 saturated heterocycles. The number of benzene rings is 3. The molecular formula is C28H29N3O2. The summed E-state index contributed by atoms with van der Waals surface area (Å²) in [4.78, 5) is 12.6. The maximum Gasteiger partial charge on any atom is 0.226 e. The first-order valence-corrected chi connectivity index (χ1v) is 11.2. The van der Waals surface area contributed by atoms with Crippen LogP contribution in [0.4, 0.5) is 0 Å². The highest BCUT2D eigenvalue weighted by atomic mass is 16.5. The second-order valence-corrected chi connectivity index (χ2v) is 8.30. The van der Waals surface area contributed by atoms with Crippen molar-refractivity contribution in [3.05, 3.63) is 107 Å². The summed E-state index contributed by atoms with van der Waals surface area (Å²) in [7, 11) is 0. The Hall–Kier alpha value is -3.86. The molecule has 0 radical (unpaired) electrons. The summed E-state index contributed by atoms with van der Waals surface area (Å²) in [6.45, 7) is 6.58. The van der Waals surface area contributed by atoms with Crippen LogP contribution in [0.2, 0.25) is 0 Å². The van der Waals surface area contributed by atoms with Gasteiger partial charge in [0.2, 0.25) is 11.8 Å². The Kier molecular flexibility index (Phi) is 6.89. The fourth-order valence-corrected chi connectivity index (χ4v) is 3.78. The summed E-state index contributed by atoms with van der Waals surface area (Å²) < 4.78 is 8.20. The van der Waals surface area contributed by atoms with E-state index in [-0.39, 0.29) is 5.91 Å². The molecule has 0 fully saturated rings. The second-order valence-electron chi connectivity index (χ2n) is 8.30. The molecule has 0 aliphatic carbocycles. The Morgan fingerprint density at radius 3 is 2.36 bits per heavy atom. The number of nitrogens with one attached hydrogen (secondary N) is 1. The molecule has 0 bridgehead atoms. The van der Waals surface area contributed by atoms with E-state index in [1.165, 1.54) is 0 Å². The van der Waals surface area contributed by atoms with Gasteiger partial charge in [-0.15, -0.1) is 0 Å². The van der Waals surface area contributed by atoms with E-state index in [0.717, 1.165) is 39.4 Å². The molecule has 0 aliphatic heterocycles. The number of carbonyl (C=O) groups excluding carboxylic acids is 1. The Bertz CT molecular complexity index is 1250. The Labute approximate surface area is 195 Å². The van der Waals surface area contributed by atoms with Crippen molar-refractivity contribution < 1.29 is 9.53 Å². The number of aromatic nitrogens is 2. The highest BCUT2D eigenvalue weighted by molar-refractivity contribution is 5.76. The van der Waals surface area contributed by atoms with Crippen LogP contribution < -0.4 is 10.1 Å². The minimum atomic E-state index is 0.00284. The summed E-state index contributed by atoms with van der Waals surface area (Å²) >= 11 is 0. The number of hydrogen-bond acceptors (Lipinski definition) is 3. The van der Waals surface area contributed by atoms with E-state index in [1.807, 2.05) is 85.3 Å². The number of carbonyl (C=O) groups is 1. The normalized spacial score (nSPS) is 10.8. The first-order chi connectivity index (χ1) is 16.0. The van der Waals surface area contributed by atoms with Crippen LogP contribution in [0.15, 0.2) is 78.9 Å². The van der Waals surface area contributed by atoms with Crippen LogP contribution in [0.25, 0.3) is 5.69 Å². The molecule has 0 atom stereocenters. The van der Waals surface area contributed by atoms with Crippen molar-refractivity contribution in [2.75, 3.05) is 0 Å². The molecule has 33 heavy (non-hydrogen) atoms. The number of nitrogens with zero attached hydrogens (tertiary/aromatic N) is 2. The minimum absolute atomic E-state index is 0.00284. The first kappa shape index (κ1) is 22.3. The maximum atomic E-state index is 12.6. The summed E-state index contributed by atoms with van der Waals surface area (Å²) in [6, 6.07) is 26.0. The SMILES string of the molecule is Cc1cccc(Oc2c(CCC(=O)NCc3ccccc3)c(C)nn2-c2cccc(C)c2)c1. The lowest BCUT2D eigenvalue weighted by Gasteiger charge is -2.12. The van der Waals surface area contributed by atoms with Gasteiger partial charge in [0.15, 0.2) is 0 Å². The maximum absolute atomic E-state index is 12.6. The zero-order valence-corrected chi connectivity index (χ0v) is 19.3. The summed E-state index contributed by atoms with van der Waals surface area (Å²) in [6.07, 6.45) is 0.900.